The van der Waals surface area contributed by atoms with Crippen molar-refractivity contribution < 1.29 is 273 Å². The van der Waals surface area contributed by atoms with Crippen LogP contribution in [0.25, 0.3) is 0 Å². The minimum atomic E-state index is 0. The van der Waals surface area contributed by atoms with Gasteiger partial charge in [0.25, 0.3) is 0 Å². The molecule has 0 atom stereocenters. The SMILES string of the molecule is [La+3].[La+3].[La+3].[La+3].[OH-].[OH-].[OH-].[OH-].[OH-].[OH-].[OH-].[OH-].[OH-].[OH-].[OH-].[OH-].[Ti].[Ti].[Ti]. The van der Waals surface area contributed by atoms with Crippen molar-refractivity contribution in [2.45, 2.75) is 0 Å². The summed E-state index contributed by atoms with van der Waals surface area (Å²) in [6, 6.07) is 0. The Bertz CT molecular complexity index is 24.9. The fraction of sp³-hybridized carbons (Fsp3) is 0. The molecule has 0 amide bonds. The smallest absolute Gasteiger partial charge is 0.870 e. The maximum atomic E-state index is 0. The van der Waals surface area contributed by atoms with Crippen LogP contribution in [0.1, 0.15) is 0 Å². The van der Waals surface area contributed by atoms with E-state index in [9.17, 15) is 0 Å². The molecular formula is H12La4O12Ti3. The second-order valence-electron chi connectivity index (χ2n) is 0. The van der Waals surface area contributed by atoms with E-state index in [1.807, 2.05) is 0 Å². The summed E-state index contributed by atoms with van der Waals surface area (Å²) in [6.45, 7) is 0. The van der Waals surface area contributed by atoms with Crippen molar-refractivity contribution in [1.82, 2.24) is 0 Å². The van der Waals surface area contributed by atoms with Gasteiger partial charge in [0.1, 0.15) is 0 Å². The Kier molecular flexibility index (Phi) is 6240. The molecule has 0 heterocycles. The molecule has 0 aliphatic rings. The van der Waals surface area contributed by atoms with Gasteiger partial charge in [-0.15, -0.1) is 0 Å². The minimum Gasteiger partial charge on any atom is -0.870 e. The van der Waals surface area contributed by atoms with Crippen molar-refractivity contribution >= 4 is 0 Å². The van der Waals surface area contributed by atoms with E-state index in [1.54, 1.807) is 0 Å². The number of rotatable bonds is 0. The molecule has 0 aromatic heterocycles. The van der Waals surface area contributed by atoms with E-state index in [4.69, 9.17) is 0 Å². The topological polar surface area (TPSA) is 360 Å². The van der Waals surface area contributed by atoms with E-state index < -0.39 is 0 Å². The summed E-state index contributed by atoms with van der Waals surface area (Å²) in [7, 11) is 0. The molecule has 0 aromatic carbocycles. The molecule has 0 saturated carbocycles. The van der Waals surface area contributed by atoms with Crippen molar-refractivity contribution in [3.05, 3.63) is 0 Å². The fourth-order valence-corrected chi connectivity index (χ4v) is 0. The van der Waals surface area contributed by atoms with Gasteiger partial charge in [-0.2, -0.15) is 0 Å². The summed E-state index contributed by atoms with van der Waals surface area (Å²) in [5.41, 5.74) is 0. The maximum absolute atomic E-state index is 0. The summed E-state index contributed by atoms with van der Waals surface area (Å²) >= 11 is 0. The third-order valence-electron chi connectivity index (χ3n) is 0. The summed E-state index contributed by atoms with van der Waals surface area (Å²) in [5.74, 6) is 0. The first kappa shape index (κ1) is 366. The molecule has 0 saturated heterocycles. The maximum Gasteiger partial charge on any atom is 3.00 e. The molecule has 0 bridgehead atoms. The number of hydrogen-bond acceptors (Lipinski definition) is 12. The Morgan fingerprint density at radius 3 is 0.158 bits per heavy atom. The fourth-order valence-electron chi connectivity index (χ4n) is 0. The zero-order valence-corrected chi connectivity index (χ0v) is 28.4. The monoisotopic (exact) mass is 904 g/mol. The van der Waals surface area contributed by atoms with Crippen molar-refractivity contribution in [3.8, 4) is 0 Å². The molecule has 0 fully saturated rings. The van der Waals surface area contributed by atoms with E-state index in [0.717, 1.165) is 0 Å². The van der Waals surface area contributed by atoms with Crippen LogP contribution in [0.4, 0.5) is 0 Å². The first-order valence-corrected chi connectivity index (χ1v) is 0. The Morgan fingerprint density at radius 2 is 0.158 bits per heavy atom. The van der Waals surface area contributed by atoms with E-state index in [0.29, 0.717) is 0 Å². The standard InChI is InChI=1S/4La.12H2O.3Ti/h;;;;12*1H2;;;/q4*+3;;;;;;;;;;;;;;;/p-12. The average Bonchev–Trinajstić information content (AvgIpc) is 0. The van der Waals surface area contributed by atoms with Crippen molar-refractivity contribution in [2.24, 2.45) is 0 Å². The van der Waals surface area contributed by atoms with Gasteiger partial charge in [0.15, 0.2) is 0 Å². The van der Waals surface area contributed by atoms with E-state index in [1.165, 1.54) is 0 Å². The van der Waals surface area contributed by atoms with Crippen LogP contribution in [0.3, 0.4) is 0 Å². The van der Waals surface area contributed by atoms with Crippen molar-refractivity contribution in [3.63, 3.8) is 0 Å². The van der Waals surface area contributed by atoms with Crippen molar-refractivity contribution in [2.75, 3.05) is 0 Å². The molecule has 0 aliphatic carbocycles. The third-order valence-corrected chi connectivity index (χ3v) is 0. The van der Waals surface area contributed by atoms with Gasteiger partial charge in [-0.25, -0.2) is 0 Å². The van der Waals surface area contributed by atoms with Crippen LogP contribution in [0.5, 0.6) is 0 Å². The Balaban J connectivity index is 0. The van der Waals surface area contributed by atoms with Crippen LogP contribution >= 0.6 is 0 Å². The van der Waals surface area contributed by atoms with E-state index in [-0.39, 0.29) is 273 Å². The summed E-state index contributed by atoms with van der Waals surface area (Å²) in [4.78, 5) is 0. The summed E-state index contributed by atoms with van der Waals surface area (Å²) in [5, 5.41) is 0. The largest absolute Gasteiger partial charge is 3.00 e. The second kappa shape index (κ2) is 324. The molecule has 0 rings (SSSR count). The molecule has 0 radical (unpaired) electrons. The molecule has 0 aromatic rings. The molecule has 12 nitrogen and oxygen atoms in total. The Hall–Kier alpha value is 6.44. The third kappa shape index (κ3) is 297. The van der Waals surface area contributed by atoms with Crippen LogP contribution in [0.15, 0.2) is 0 Å². The van der Waals surface area contributed by atoms with Gasteiger partial charge < -0.3 is 65.7 Å². The molecule has 0 spiro atoms. The zero-order valence-electron chi connectivity index (χ0n) is 9.18. The number of hydrogen-bond donors (Lipinski definition) is 0. The van der Waals surface area contributed by atoms with Gasteiger partial charge >= 0.3 is 142 Å². The Morgan fingerprint density at radius 1 is 0.158 bits per heavy atom. The van der Waals surface area contributed by atoms with Gasteiger partial charge in [0.05, 0.1) is 0 Å². The van der Waals surface area contributed by atoms with Crippen LogP contribution in [-0.2, 0) is 65.2 Å². The molecule has 19 heavy (non-hydrogen) atoms. The molecule has 108 valence electrons. The van der Waals surface area contributed by atoms with Crippen LogP contribution in [0, 0.1) is 142 Å². The minimum absolute atomic E-state index is 0. The van der Waals surface area contributed by atoms with E-state index >= 15 is 0 Å². The van der Waals surface area contributed by atoms with Gasteiger partial charge in [0.2, 0.25) is 0 Å². The Labute approximate surface area is 267 Å². The predicted molar refractivity (Wildman–Crippen MR) is 23.2 cm³/mol. The van der Waals surface area contributed by atoms with Crippen molar-refractivity contribution in [1.29, 1.82) is 0 Å². The zero-order chi connectivity index (χ0) is 0. The van der Waals surface area contributed by atoms with Gasteiger partial charge in [-0.05, 0) is 0 Å². The average molecular weight is 903 g/mol. The molecule has 19 heteroatoms. The molecule has 0 aliphatic heterocycles. The molecule has 0 unspecified atom stereocenters. The summed E-state index contributed by atoms with van der Waals surface area (Å²) in [6.07, 6.45) is 0. The first-order chi connectivity index (χ1) is 0. The van der Waals surface area contributed by atoms with E-state index in [2.05, 4.69) is 0 Å². The predicted octanol–water partition coefficient (Wildman–Crippen LogP) is -2.13. The quantitative estimate of drug-likeness (QED) is 0.235. The van der Waals surface area contributed by atoms with Crippen LogP contribution < -0.4 is 0 Å². The molecule has 12 N–H and O–H groups in total. The van der Waals surface area contributed by atoms with Gasteiger partial charge in [-0.3, -0.25) is 0 Å². The van der Waals surface area contributed by atoms with Crippen LogP contribution in [-0.4, -0.2) is 65.7 Å². The summed E-state index contributed by atoms with van der Waals surface area (Å²) < 4.78 is 0. The van der Waals surface area contributed by atoms with Gasteiger partial charge in [0, 0.05) is 65.2 Å². The van der Waals surface area contributed by atoms with Crippen LogP contribution in [0.2, 0.25) is 0 Å². The normalized spacial score (nSPS) is 0. The van der Waals surface area contributed by atoms with Gasteiger partial charge in [-0.1, -0.05) is 0 Å². The molecular weight excluding hydrogens is 891 g/mol. The first-order valence-electron chi connectivity index (χ1n) is 0. The second-order valence-corrected chi connectivity index (χ2v) is 0.